The summed E-state index contributed by atoms with van der Waals surface area (Å²) in [6.45, 7) is 7.94. The molecular formula is C15H24N4O. The zero-order valence-electron chi connectivity index (χ0n) is 12.5. The summed E-state index contributed by atoms with van der Waals surface area (Å²) in [7, 11) is 2.20. The van der Waals surface area contributed by atoms with Crippen LogP contribution in [0.3, 0.4) is 0 Å². The van der Waals surface area contributed by atoms with E-state index in [1.807, 2.05) is 13.0 Å². The van der Waals surface area contributed by atoms with E-state index in [4.69, 9.17) is 4.74 Å². The van der Waals surface area contributed by atoms with Crippen molar-refractivity contribution in [1.82, 2.24) is 15.1 Å². The molecule has 0 saturated carbocycles. The molecule has 2 aliphatic rings. The van der Waals surface area contributed by atoms with Crippen molar-refractivity contribution in [3.63, 3.8) is 0 Å². The summed E-state index contributed by atoms with van der Waals surface area (Å²) in [6, 6.07) is 4.13. The molecule has 0 bridgehead atoms. The molecule has 5 heteroatoms. The van der Waals surface area contributed by atoms with Gasteiger partial charge in [-0.1, -0.05) is 0 Å². The molecule has 0 aliphatic carbocycles. The predicted octanol–water partition coefficient (Wildman–Crippen LogP) is 1.33. The summed E-state index contributed by atoms with van der Waals surface area (Å²) in [6.07, 6.45) is 2.44. The van der Waals surface area contributed by atoms with Crippen LogP contribution < -0.4 is 4.90 Å². The first-order valence-corrected chi connectivity index (χ1v) is 7.49. The molecule has 3 heterocycles. The van der Waals surface area contributed by atoms with Gasteiger partial charge < -0.3 is 14.5 Å². The Kier molecular flexibility index (Phi) is 3.89. The Labute approximate surface area is 120 Å². The van der Waals surface area contributed by atoms with E-state index in [0.717, 1.165) is 50.9 Å². The molecule has 5 nitrogen and oxygen atoms in total. The van der Waals surface area contributed by atoms with E-state index in [0.29, 0.717) is 0 Å². The fraction of sp³-hybridized carbons (Fsp3) is 0.733. The number of ether oxygens (including phenoxy) is 1. The van der Waals surface area contributed by atoms with Gasteiger partial charge in [-0.2, -0.15) is 5.10 Å². The third-order valence-electron chi connectivity index (χ3n) is 4.40. The first-order valence-electron chi connectivity index (χ1n) is 7.49. The summed E-state index contributed by atoms with van der Waals surface area (Å²) < 4.78 is 5.86. The van der Waals surface area contributed by atoms with Crippen molar-refractivity contribution in [3.05, 3.63) is 17.8 Å². The zero-order chi connectivity index (χ0) is 14.0. The van der Waals surface area contributed by atoms with Crippen LogP contribution in [0.1, 0.15) is 18.5 Å². The number of piperidine rings is 1. The van der Waals surface area contributed by atoms with Crippen molar-refractivity contribution < 1.29 is 4.74 Å². The molecular weight excluding hydrogens is 252 g/mol. The standard InChI is InChI=1S/C15H24N4O/c1-13-4-5-14(17-16-13)19-7-3-6-15(11-19)10-18(2)8-9-20-12-15/h4-5H,3,6-12H2,1-2H3. The number of aryl methyl sites for hydroxylation is 1. The van der Waals surface area contributed by atoms with E-state index in [9.17, 15) is 0 Å². The van der Waals surface area contributed by atoms with E-state index in [-0.39, 0.29) is 5.41 Å². The molecule has 20 heavy (non-hydrogen) atoms. The van der Waals surface area contributed by atoms with Gasteiger partial charge in [0.15, 0.2) is 5.82 Å². The van der Waals surface area contributed by atoms with Gasteiger partial charge in [0.1, 0.15) is 0 Å². The average molecular weight is 276 g/mol. The van der Waals surface area contributed by atoms with Gasteiger partial charge in [-0.05, 0) is 38.9 Å². The zero-order valence-corrected chi connectivity index (χ0v) is 12.5. The lowest BCUT2D eigenvalue weighted by molar-refractivity contribution is 0.0568. The topological polar surface area (TPSA) is 41.5 Å². The number of hydrogen-bond donors (Lipinski definition) is 0. The smallest absolute Gasteiger partial charge is 0.151 e. The molecule has 110 valence electrons. The lowest BCUT2D eigenvalue weighted by Gasteiger charge is -2.43. The van der Waals surface area contributed by atoms with Crippen molar-refractivity contribution in [2.24, 2.45) is 5.41 Å². The molecule has 0 N–H and O–H groups in total. The van der Waals surface area contributed by atoms with Crippen LogP contribution in [-0.4, -0.2) is 61.5 Å². The van der Waals surface area contributed by atoms with Crippen LogP contribution in [0.5, 0.6) is 0 Å². The number of likely N-dealkylation sites (N-methyl/N-ethyl adjacent to an activating group) is 1. The number of hydrogen-bond acceptors (Lipinski definition) is 5. The second kappa shape index (κ2) is 5.66. The molecule has 0 amide bonds. The van der Waals surface area contributed by atoms with Crippen molar-refractivity contribution >= 4 is 5.82 Å². The van der Waals surface area contributed by atoms with Crippen LogP contribution in [0.15, 0.2) is 12.1 Å². The minimum absolute atomic E-state index is 0.246. The third kappa shape index (κ3) is 2.94. The van der Waals surface area contributed by atoms with Crippen molar-refractivity contribution in [1.29, 1.82) is 0 Å². The molecule has 1 aromatic rings. The van der Waals surface area contributed by atoms with E-state index in [2.05, 4.69) is 33.1 Å². The van der Waals surface area contributed by atoms with Crippen LogP contribution in [-0.2, 0) is 4.74 Å². The van der Waals surface area contributed by atoms with Gasteiger partial charge in [0, 0.05) is 31.6 Å². The monoisotopic (exact) mass is 276 g/mol. The second-order valence-corrected chi connectivity index (χ2v) is 6.35. The molecule has 2 aliphatic heterocycles. The predicted molar refractivity (Wildman–Crippen MR) is 79.0 cm³/mol. The molecule has 0 aromatic carbocycles. The molecule has 2 fully saturated rings. The van der Waals surface area contributed by atoms with Gasteiger partial charge in [0.25, 0.3) is 0 Å². The summed E-state index contributed by atoms with van der Waals surface area (Å²) >= 11 is 0. The maximum Gasteiger partial charge on any atom is 0.151 e. The molecule has 0 radical (unpaired) electrons. The van der Waals surface area contributed by atoms with Crippen LogP contribution >= 0.6 is 0 Å². The van der Waals surface area contributed by atoms with Crippen LogP contribution in [0, 0.1) is 12.3 Å². The summed E-state index contributed by atoms with van der Waals surface area (Å²) in [4.78, 5) is 4.77. The average Bonchev–Trinajstić information content (AvgIpc) is 2.61. The maximum atomic E-state index is 5.86. The SMILES string of the molecule is Cc1ccc(N2CCCC3(COCCN(C)C3)C2)nn1. The highest BCUT2D eigenvalue weighted by atomic mass is 16.5. The normalized spacial score (nSPS) is 28.6. The molecule has 2 saturated heterocycles. The Bertz CT molecular complexity index is 450. The highest BCUT2D eigenvalue weighted by Gasteiger charge is 2.38. The molecule has 1 aromatic heterocycles. The summed E-state index contributed by atoms with van der Waals surface area (Å²) in [5.74, 6) is 1.00. The number of anilines is 1. The van der Waals surface area contributed by atoms with Crippen molar-refractivity contribution in [3.8, 4) is 0 Å². The molecule has 1 atom stereocenters. The lowest BCUT2D eigenvalue weighted by Crippen LogP contribution is -2.50. The number of nitrogens with zero attached hydrogens (tertiary/aromatic N) is 4. The van der Waals surface area contributed by atoms with E-state index >= 15 is 0 Å². The molecule has 1 unspecified atom stereocenters. The Balaban J connectivity index is 1.76. The number of aromatic nitrogens is 2. The van der Waals surface area contributed by atoms with Gasteiger partial charge in [-0.15, -0.1) is 5.10 Å². The van der Waals surface area contributed by atoms with Gasteiger partial charge >= 0.3 is 0 Å². The molecule has 3 rings (SSSR count). The Morgan fingerprint density at radius 1 is 1.20 bits per heavy atom. The minimum atomic E-state index is 0.246. The second-order valence-electron chi connectivity index (χ2n) is 6.35. The van der Waals surface area contributed by atoms with Crippen LogP contribution in [0.25, 0.3) is 0 Å². The fourth-order valence-electron chi connectivity index (χ4n) is 3.42. The van der Waals surface area contributed by atoms with Gasteiger partial charge in [0.05, 0.1) is 18.9 Å². The Morgan fingerprint density at radius 3 is 2.90 bits per heavy atom. The van der Waals surface area contributed by atoms with Crippen LogP contribution in [0.4, 0.5) is 5.82 Å². The van der Waals surface area contributed by atoms with E-state index in [1.165, 1.54) is 12.8 Å². The minimum Gasteiger partial charge on any atom is -0.379 e. The molecule has 1 spiro atoms. The van der Waals surface area contributed by atoms with E-state index < -0.39 is 0 Å². The van der Waals surface area contributed by atoms with Gasteiger partial charge in [-0.3, -0.25) is 0 Å². The first kappa shape index (κ1) is 13.8. The Morgan fingerprint density at radius 2 is 2.10 bits per heavy atom. The van der Waals surface area contributed by atoms with Gasteiger partial charge in [0.2, 0.25) is 0 Å². The van der Waals surface area contributed by atoms with E-state index in [1.54, 1.807) is 0 Å². The highest BCUT2D eigenvalue weighted by molar-refractivity contribution is 5.38. The third-order valence-corrected chi connectivity index (χ3v) is 4.40. The van der Waals surface area contributed by atoms with Crippen LogP contribution in [0.2, 0.25) is 0 Å². The Hall–Kier alpha value is -1.20. The maximum absolute atomic E-state index is 5.86. The van der Waals surface area contributed by atoms with Gasteiger partial charge in [-0.25, -0.2) is 0 Å². The lowest BCUT2D eigenvalue weighted by atomic mass is 9.80. The highest BCUT2D eigenvalue weighted by Crippen LogP contribution is 2.34. The summed E-state index contributed by atoms with van der Waals surface area (Å²) in [5, 5.41) is 8.53. The summed E-state index contributed by atoms with van der Waals surface area (Å²) in [5.41, 5.74) is 1.22. The largest absolute Gasteiger partial charge is 0.379 e. The number of rotatable bonds is 1. The quantitative estimate of drug-likeness (QED) is 0.774. The van der Waals surface area contributed by atoms with Crippen molar-refractivity contribution in [2.45, 2.75) is 19.8 Å². The first-order chi connectivity index (χ1) is 9.67. The fourth-order valence-corrected chi connectivity index (χ4v) is 3.42. The van der Waals surface area contributed by atoms with Crippen molar-refractivity contribution in [2.75, 3.05) is 51.3 Å².